The van der Waals surface area contributed by atoms with E-state index in [2.05, 4.69) is 20.5 Å². The minimum Gasteiger partial charge on any atom is -0.319 e. The Morgan fingerprint density at radius 1 is 1.29 bits per heavy atom. The molecule has 128 valence electrons. The van der Waals surface area contributed by atoms with Crippen LogP contribution in [0, 0.1) is 0 Å². The van der Waals surface area contributed by atoms with E-state index < -0.39 is 15.9 Å². The standard InChI is InChI=1S/C15H19N5O3S/c1-11-4-2-3-9-20(11)24(22,23)13-7-5-12(6-8-13)18-15(21)14-16-10-17-19-14/h5-8,10-11H,2-4,9H2,1H3,(H,18,21)(H,16,17,19)/t11-/m0/s1. The van der Waals surface area contributed by atoms with Gasteiger partial charge in [-0.2, -0.15) is 9.40 Å². The van der Waals surface area contributed by atoms with Gasteiger partial charge in [-0.3, -0.25) is 9.89 Å². The molecule has 1 aliphatic rings. The van der Waals surface area contributed by atoms with E-state index in [1.54, 1.807) is 16.4 Å². The van der Waals surface area contributed by atoms with Crippen LogP contribution in [0.2, 0.25) is 0 Å². The van der Waals surface area contributed by atoms with Crippen molar-refractivity contribution in [1.29, 1.82) is 0 Å². The third kappa shape index (κ3) is 3.31. The summed E-state index contributed by atoms with van der Waals surface area (Å²) in [7, 11) is -3.51. The maximum Gasteiger partial charge on any atom is 0.292 e. The van der Waals surface area contributed by atoms with Crippen molar-refractivity contribution in [1.82, 2.24) is 19.5 Å². The highest BCUT2D eigenvalue weighted by molar-refractivity contribution is 7.89. The number of sulfonamides is 1. The van der Waals surface area contributed by atoms with Crippen molar-refractivity contribution in [3.63, 3.8) is 0 Å². The van der Waals surface area contributed by atoms with Crippen LogP contribution in [0.4, 0.5) is 5.69 Å². The van der Waals surface area contributed by atoms with Gasteiger partial charge in [0.2, 0.25) is 15.8 Å². The van der Waals surface area contributed by atoms with Gasteiger partial charge >= 0.3 is 0 Å². The van der Waals surface area contributed by atoms with Crippen molar-refractivity contribution in [2.75, 3.05) is 11.9 Å². The van der Waals surface area contributed by atoms with Gasteiger partial charge in [0.1, 0.15) is 6.33 Å². The lowest BCUT2D eigenvalue weighted by Crippen LogP contribution is -2.41. The average molecular weight is 349 g/mol. The molecule has 1 atom stereocenters. The number of H-pyrrole nitrogens is 1. The monoisotopic (exact) mass is 349 g/mol. The van der Waals surface area contributed by atoms with Gasteiger partial charge in [-0.15, -0.1) is 0 Å². The highest BCUT2D eigenvalue weighted by Gasteiger charge is 2.30. The first kappa shape index (κ1) is 16.6. The lowest BCUT2D eigenvalue weighted by molar-refractivity contribution is 0.101. The molecule has 1 fully saturated rings. The Morgan fingerprint density at radius 2 is 2.04 bits per heavy atom. The molecule has 9 heteroatoms. The molecule has 0 aliphatic carbocycles. The largest absolute Gasteiger partial charge is 0.319 e. The second-order valence-electron chi connectivity index (χ2n) is 5.77. The van der Waals surface area contributed by atoms with E-state index in [-0.39, 0.29) is 16.8 Å². The van der Waals surface area contributed by atoms with Gasteiger partial charge in [-0.25, -0.2) is 13.4 Å². The van der Waals surface area contributed by atoms with Gasteiger partial charge in [-0.05, 0) is 44.0 Å². The lowest BCUT2D eigenvalue weighted by Gasteiger charge is -2.32. The number of aromatic amines is 1. The first-order chi connectivity index (χ1) is 11.5. The maximum absolute atomic E-state index is 12.7. The number of piperidine rings is 1. The summed E-state index contributed by atoms with van der Waals surface area (Å²) in [6.07, 6.45) is 4.06. The molecule has 2 heterocycles. The van der Waals surface area contributed by atoms with Crippen molar-refractivity contribution in [3.8, 4) is 0 Å². The van der Waals surface area contributed by atoms with Crippen LogP contribution >= 0.6 is 0 Å². The molecule has 1 saturated heterocycles. The van der Waals surface area contributed by atoms with Gasteiger partial charge in [0.05, 0.1) is 4.90 Å². The van der Waals surface area contributed by atoms with Gasteiger partial charge in [-0.1, -0.05) is 6.42 Å². The molecule has 0 spiro atoms. The summed E-state index contributed by atoms with van der Waals surface area (Å²) in [5.74, 6) is -0.346. The van der Waals surface area contributed by atoms with Crippen LogP contribution in [0.15, 0.2) is 35.5 Å². The number of benzene rings is 1. The van der Waals surface area contributed by atoms with Crippen molar-refractivity contribution in [2.24, 2.45) is 0 Å². The molecule has 0 saturated carbocycles. The number of hydrogen-bond donors (Lipinski definition) is 2. The Morgan fingerprint density at radius 3 is 2.67 bits per heavy atom. The summed E-state index contributed by atoms with van der Waals surface area (Å²) in [6.45, 7) is 2.48. The van der Waals surface area contributed by atoms with Crippen molar-refractivity contribution >= 4 is 21.6 Å². The van der Waals surface area contributed by atoms with Crippen LogP contribution in [0.5, 0.6) is 0 Å². The zero-order valence-electron chi connectivity index (χ0n) is 13.3. The van der Waals surface area contributed by atoms with Gasteiger partial charge in [0, 0.05) is 18.3 Å². The first-order valence-electron chi connectivity index (χ1n) is 7.77. The van der Waals surface area contributed by atoms with E-state index in [1.807, 2.05) is 6.92 Å². The number of amides is 1. The van der Waals surface area contributed by atoms with Crippen molar-refractivity contribution in [3.05, 3.63) is 36.4 Å². The smallest absolute Gasteiger partial charge is 0.292 e. The lowest BCUT2D eigenvalue weighted by atomic mass is 10.1. The second-order valence-corrected chi connectivity index (χ2v) is 7.66. The highest BCUT2D eigenvalue weighted by atomic mass is 32.2. The molecule has 0 radical (unpaired) electrons. The fourth-order valence-corrected chi connectivity index (χ4v) is 4.48. The zero-order valence-corrected chi connectivity index (χ0v) is 14.1. The van der Waals surface area contributed by atoms with E-state index in [1.165, 1.54) is 18.5 Å². The summed E-state index contributed by atoms with van der Waals surface area (Å²) in [5.41, 5.74) is 0.488. The Balaban J connectivity index is 1.75. The number of nitrogens with one attached hydrogen (secondary N) is 2. The predicted molar refractivity (Wildman–Crippen MR) is 88.0 cm³/mol. The number of aromatic nitrogens is 3. The number of rotatable bonds is 4. The fourth-order valence-electron chi connectivity index (χ4n) is 2.78. The molecule has 1 aromatic heterocycles. The van der Waals surface area contributed by atoms with Crippen LogP contribution in [0.3, 0.4) is 0 Å². The van der Waals surface area contributed by atoms with Crippen LogP contribution in [0.1, 0.15) is 36.8 Å². The molecule has 2 aromatic rings. The van der Waals surface area contributed by atoms with Crippen LogP contribution < -0.4 is 5.32 Å². The Kier molecular flexibility index (Phi) is 4.63. The summed E-state index contributed by atoms with van der Waals surface area (Å²) in [6, 6.07) is 6.15. The van der Waals surface area contributed by atoms with E-state index in [0.29, 0.717) is 12.2 Å². The van der Waals surface area contributed by atoms with Gasteiger partial charge in [0.15, 0.2) is 0 Å². The summed E-state index contributed by atoms with van der Waals surface area (Å²) in [5, 5.41) is 8.70. The van der Waals surface area contributed by atoms with E-state index in [4.69, 9.17) is 0 Å². The minimum absolute atomic E-state index is 0.00887. The van der Waals surface area contributed by atoms with E-state index >= 15 is 0 Å². The normalized spacial score (nSPS) is 19.1. The van der Waals surface area contributed by atoms with E-state index in [0.717, 1.165) is 19.3 Å². The molecule has 1 aromatic carbocycles. The first-order valence-corrected chi connectivity index (χ1v) is 9.21. The third-order valence-electron chi connectivity index (χ3n) is 4.09. The Hall–Kier alpha value is -2.26. The molecule has 24 heavy (non-hydrogen) atoms. The topological polar surface area (TPSA) is 108 Å². The number of anilines is 1. The zero-order chi connectivity index (χ0) is 17.2. The van der Waals surface area contributed by atoms with Crippen LogP contribution in [-0.2, 0) is 10.0 Å². The molecule has 1 amide bonds. The predicted octanol–water partition coefficient (Wildman–Crippen LogP) is 1.62. The molecule has 1 aliphatic heterocycles. The molecule has 3 rings (SSSR count). The Bertz CT molecular complexity index is 802. The van der Waals surface area contributed by atoms with Crippen molar-refractivity contribution < 1.29 is 13.2 Å². The molecular weight excluding hydrogens is 330 g/mol. The fraction of sp³-hybridized carbons (Fsp3) is 0.400. The number of carbonyl (C=O) groups excluding carboxylic acids is 1. The van der Waals surface area contributed by atoms with Gasteiger partial charge in [0.25, 0.3) is 5.91 Å². The molecular formula is C15H19N5O3S. The molecule has 0 unspecified atom stereocenters. The molecule has 0 bridgehead atoms. The molecule has 2 N–H and O–H groups in total. The third-order valence-corrected chi connectivity index (χ3v) is 6.12. The summed E-state index contributed by atoms with van der Waals surface area (Å²) >= 11 is 0. The molecule has 8 nitrogen and oxygen atoms in total. The van der Waals surface area contributed by atoms with Gasteiger partial charge < -0.3 is 5.32 Å². The quantitative estimate of drug-likeness (QED) is 0.872. The van der Waals surface area contributed by atoms with Crippen LogP contribution in [0.25, 0.3) is 0 Å². The minimum atomic E-state index is -3.51. The number of carbonyl (C=O) groups is 1. The van der Waals surface area contributed by atoms with Crippen molar-refractivity contribution in [2.45, 2.75) is 37.1 Å². The Labute approximate surface area is 140 Å². The maximum atomic E-state index is 12.7. The highest BCUT2D eigenvalue weighted by Crippen LogP contribution is 2.25. The average Bonchev–Trinajstić information content (AvgIpc) is 3.10. The summed E-state index contributed by atoms with van der Waals surface area (Å²) in [4.78, 5) is 15.9. The number of nitrogens with zero attached hydrogens (tertiary/aromatic N) is 3. The van der Waals surface area contributed by atoms with Crippen LogP contribution in [-0.4, -0.2) is 46.4 Å². The SMILES string of the molecule is C[C@H]1CCCCN1S(=O)(=O)c1ccc(NC(=O)c2ncn[nH]2)cc1. The van der Waals surface area contributed by atoms with E-state index in [9.17, 15) is 13.2 Å². The summed E-state index contributed by atoms with van der Waals surface area (Å²) < 4.78 is 27.0. The second kappa shape index (κ2) is 6.70. The number of hydrogen-bond acceptors (Lipinski definition) is 5.